The Labute approximate surface area is 134 Å². The minimum Gasteiger partial charge on any atom is -0.394 e. The standard InChI is InChI=1S/C12H16N4O8/c17-4-8(19)10(12(21)9(20)5-18)13-15-11-6(14-24-15)2-1-3-7(11)16(22)23/h1-4,8-10,12-14,18-21H,5H2/t8-,9+,10-,12+/m0/s1. The van der Waals surface area contributed by atoms with E-state index in [0.717, 1.165) is 5.17 Å². The molecule has 0 aliphatic carbocycles. The molecular weight excluding hydrogens is 328 g/mol. The monoisotopic (exact) mass is 344 g/mol. The van der Waals surface area contributed by atoms with Gasteiger partial charge in [0.2, 0.25) is 0 Å². The molecule has 0 amide bonds. The quantitative estimate of drug-likeness (QED) is 0.172. The van der Waals surface area contributed by atoms with Crippen molar-refractivity contribution in [2.45, 2.75) is 24.4 Å². The molecule has 1 aliphatic rings. The second-order valence-corrected chi connectivity index (χ2v) is 4.94. The van der Waals surface area contributed by atoms with E-state index in [-0.39, 0.29) is 23.3 Å². The highest BCUT2D eigenvalue weighted by Crippen LogP contribution is 2.39. The van der Waals surface area contributed by atoms with E-state index in [1.807, 2.05) is 0 Å². The Morgan fingerprint density at radius 1 is 1.42 bits per heavy atom. The van der Waals surface area contributed by atoms with Gasteiger partial charge < -0.3 is 25.2 Å². The summed E-state index contributed by atoms with van der Waals surface area (Å²) < 4.78 is 0. The van der Waals surface area contributed by atoms with Crippen molar-refractivity contribution in [3.63, 3.8) is 0 Å². The van der Waals surface area contributed by atoms with Crippen molar-refractivity contribution in [1.29, 1.82) is 0 Å². The molecule has 1 aromatic rings. The van der Waals surface area contributed by atoms with Crippen molar-refractivity contribution < 1.29 is 35.1 Å². The Morgan fingerprint density at radius 2 is 2.12 bits per heavy atom. The molecule has 0 saturated carbocycles. The van der Waals surface area contributed by atoms with Crippen molar-refractivity contribution in [3.8, 4) is 0 Å². The first-order chi connectivity index (χ1) is 11.4. The van der Waals surface area contributed by atoms with Crippen LogP contribution in [0.25, 0.3) is 0 Å². The van der Waals surface area contributed by atoms with E-state index in [0.29, 0.717) is 0 Å². The normalized spacial score (nSPS) is 18.2. The molecule has 0 spiro atoms. The van der Waals surface area contributed by atoms with Gasteiger partial charge in [0.05, 0.1) is 23.3 Å². The number of aliphatic hydroxyl groups is 4. The molecule has 1 aromatic carbocycles. The third-order valence-electron chi connectivity index (χ3n) is 3.38. The van der Waals surface area contributed by atoms with Crippen molar-refractivity contribution in [2.24, 2.45) is 0 Å². The first-order valence-corrected chi connectivity index (χ1v) is 6.77. The highest BCUT2D eigenvalue weighted by atomic mass is 16.8. The summed E-state index contributed by atoms with van der Waals surface area (Å²) in [6.07, 6.45) is -5.14. The van der Waals surface area contributed by atoms with Gasteiger partial charge in [-0.2, -0.15) is 5.43 Å². The SMILES string of the molecule is O=C[C@H](O)[C@H](NN1ONc2cccc([N+](=O)[O-])c21)[C@H](O)[C@H](O)CO. The number of benzene rings is 1. The Morgan fingerprint density at radius 3 is 2.71 bits per heavy atom. The summed E-state index contributed by atoms with van der Waals surface area (Å²) in [7, 11) is 0. The zero-order valence-corrected chi connectivity index (χ0v) is 12.1. The van der Waals surface area contributed by atoms with E-state index >= 15 is 0 Å². The Balaban J connectivity index is 2.30. The van der Waals surface area contributed by atoms with Crippen LogP contribution < -0.4 is 16.1 Å². The number of nitro groups is 1. The Kier molecular flexibility index (Phi) is 5.61. The molecule has 1 heterocycles. The lowest BCUT2D eigenvalue weighted by atomic mass is 10.0. The van der Waals surface area contributed by atoms with Gasteiger partial charge in [-0.05, 0) is 6.07 Å². The number of carbonyl (C=O) groups excluding carboxylic acids is 1. The van der Waals surface area contributed by atoms with Gasteiger partial charge >= 0.3 is 0 Å². The van der Waals surface area contributed by atoms with E-state index in [1.165, 1.54) is 18.2 Å². The summed E-state index contributed by atoms with van der Waals surface area (Å²) in [5.74, 6) is 0. The maximum absolute atomic E-state index is 11.1. The first kappa shape index (κ1) is 18.0. The predicted octanol–water partition coefficient (Wildman–Crippen LogP) is -2.18. The lowest BCUT2D eigenvalue weighted by molar-refractivity contribution is -0.384. The number of aliphatic hydroxyl groups excluding tert-OH is 4. The molecule has 12 nitrogen and oxygen atoms in total. The van der Waals surface area contributed by atoms with Crippen LogP contribution >= 0.6 is 0 Å². The minimum atomic E-state index is -1.79. The molecule has 6 N–H and O–H groups in total. The molecule has 4 atom stereocenters. The average Bonchev–Trinajstić information content (AvgIpc) is 3.00. The molecule has 0 bridgehead atoms. The zero-order valence-electron chi connectivity index (χ0n) is 12.1. The van der Waals surface area contributed by atoms with Crippen LogP contribution in [0.4, 0.5) is 17.1 Å². The average molecular weight is 344 g/mol. The summed E-state index contributed by atoms with van der Waals surface area (Å²) in [5.41, 5.74) is 4.59. The molecule has 2 rings (SSSR count). The summed E-state index contributed by atoms with van der Waals surface area (Å²) in [6.45, 7) is -0.833. The first-order valence-electron chi connectivity index (χ1n) is 6.77. The molecule has 0 saturated heterocycles. The number of rotatable bonds is 8. The van der Waals surface area contributed by atoms with E-state index in [9.17, 15) is 30.2 Å². The summed E-state index contributed by atoms with van der Waals surface area (Å²) in [5, 5.41) is 49.9. The van der Waals surface area contributed by atoms with Gasteiger partial charge in [0.25, 0.3) is 5.69 Å². The number of para-hydroxylation sites is 1. The Bertz CT molecular complexity index is 615. The fourth-order valence-electron chi connectivity index (χ4n) is 2.13. The minimum absolute atomic E-state index is 0.0590. The fourth-order valence-corrected chi connectivity index (χ4v) is 2.13. The number of nitrogens with zero attached hydrogens (tertiary/aromatic N) is 2. The van der Waals surface area contributed by atoms with E-state index in [4.69, 9.17) is 10.0 Å². The van der Waals surface area contributed by atoms with Crippen molar-refractivity contribution in [1.82, 2.24) is 5.43 Å². The lowest BCUT2D eigenvalue weighted by Gasteiger charge is -2.31. The van der Waals surface area contributed by atoms with E-state index < -0.39 is 35.9 Å². The van der Waals surface area contributed by atoms with Gasteiger partial charge in [-0.25, -0.2) is 5.48 Å². The third-order valence-corrected chi connectivity index (χ3v) is 3.38. The molecule has 12 heteroatoms. The van der Waals surface area contributed by atoms with Gasteiger partial charge in [0.15, 0.2) is 5.69 Å². The summed E-state index contributed by atoms with van der Waals surface area (Å²) in [6, 6.07) is 2.58. The molecule has 132 valence electrons. The number of carbonyl (C=O) groups is 1. The van der Waals surface area contributed by atoms with E-state index in [1.54, 1.807) is 0 Å². The lowest BCUT2D eigenvalue weighted by Crippen LogP contribution is -2.59. The topological polar surface area (TPSA) is 178 Å². The highest BCUT2D eigenvalue weighted by Gasteiger charge is 2.37. The number of hydrogen-bond acceptors (Lipinski definition) is 11. The molecule has 0 radical (unpaired) electrons. The van der Waals surface area contributed by atoms with Crippen molar-refractivity contribution >= 4 is 23.3 Å². The van der Waals surface area contributed by atoms with Gasteiger partial charge in [0.1, 0.15) is 24.6 Å². The number of nitrogens with one attached hydrogen (secondary N) is 2. The third kappa shape index (κ3) is 3.43. The van der Waals surface area contributed by atoms with Crippen LogP contribution in [0, 0.1) is 10.1 Å². The zero-order chi connectivity index (χ0) is 17.9. The van der Waals surface area contributed by atoms with Crippen LogP contribution in [0.3, 0.4) is 0 Å². The molecule has 0 aromatic heterocycles. The van der Waals surface area contributed by atoms with E-state index in [2.05, 4.69) is 10.9 Å². The van der Waals surface area contributed by atoms with Gasteiger partial charge in [-0.3, -0.25) is 10.1 Å². The van der Waals surface area contributed by atoms with Crippen LogP contribution in [0.15, 0.2) is 18.2 Å². The van der Waals surface area contributed by atoms with Crippen LogP contribution in [0.2, 0.25) is 0 Å². The molecule has 0 unspecified atom stereocenters. The summed E-state index contributed by atoms with van der Waals surface area (Å²) in [4.78, 5) is 26.3. The second kappa shape index (κ2) is 7.48. The Hall–Kier alpha value is -2.35. The number of aldehydes is 1. The van der Waals surface area contributed by atoms with Gasteiger partial charge in [0, 0.05) is 6.07 Å². The highest BCUT2D eigenvalue weighted by molar-refractivity contribution is 5.80. The predicted molar refractivity (Wildman–Crippen MR) is 78.4 cm³/mol. The number of hydrogen-bond donors (Lipinski definition) is 6. The van der Waals surface area contributed by atoms with Crippen LogP contribution in [-0.4, -0.2) is 62.6 Å². The maximum Gasteiger partial charge on any atom is 0.298 e. The smallest absolute Gasteiger partial charge is 0.298 e. The fraction of sp³-hybridized carbons (Fsp3) is 0.417. The molecule has 0 fully saturated rings. The number of hydrazine groups is 1. The van der Waals surface area contributed by atoms with Crippen molar-refractivity contribution in [2.75, 3.05) is 17.3 Å². The van der Waals surface area contributed by atoms with Gasteiger partial charge in [-0.15, -0.1) is 10.1 Å². The molecule has 24 heavy (non-hydrogen) atoms. The van der Waals surface area contributed by atoms with Crippen LogP contribution in [0.1, 0.15) is 0 Å². The largest absolute Gasteiger partial charge is 0.394 e. The number of fused-ring (bicyclic) bond motifs is 1. The maximum atomic E-state index is 11.1. The van der Waals surface area contributed by atoms with Crippen molar-refractivity contribution in [3.05, 3.63) is 28.3 Å². The molecule has 1 aliphatic heterocycles. The van der Waals surface area contributed by atoms with Crippen LogP contribution in [0.5, 0.6) is 0 Å². The number of nitro benzene ring substituents is 1. The molecular formula is C12H16N4O8. The number of anilines is 2. The van der Waals surface area contributed by atoms with Gasteiger partial charge in [-0.1, -0.05) is 6.07 Å². The van der Waals surface area contributed by atoms with Crippen LogP contribution in [-0.2, 0) is 9.73 Å². The summed E-state index contributed by atoms with van der Waals surface area (Å²) >= 11 is 0. The second-order valence-electron chi connectivity index (χ2n) is 4.94.